The summed E-state index contributed by atoms with van der Waals surface area (Å²) in [5.41, 5.74) is 2.58. The monoisotopic (exact) mass is 371 g/mol. The van der Waals surface area contributed by atoms with Gasteiger partial charge in [-0.2, -0.15) is 0 Å². The molecule has 2 aromatic rings. The first-order chi connectivity index (χ1) is 9.54. The lowest BCUT2D eigenvalue weighted by molar-refractivity contribution is 0.508. The molecule has 0 fully saturated rings. The van der Waals surface area contributed by atoms with Crippen LogP contribution in [0.4, 0.5) is 0 Å². The fourth-order valence-corrected chi connectivity index (χ4v) is 5.81. The molecular formula is C14H14BrNO2S2. The fraction of sp³-hybridized carbons (Fsp3) is 0.286. The molecule has 1 heterocycles. The fourth-order valence-electron chi connectivity index (χ4n) is 2.52. The molecule has 0 bridgehead atoms. The van der Waals surface area contributed by atoms with Crippen LogP contribution in [0.25, 0.3) is 0 Å². The molecule has 0 spiro atoms. The standard InChI is InChI=1S/C14H14BrNO2S2/c15-13-7-8-14(19-13)20(17,18)16-12-6-5-10-3-1-2-4-11(10)9-12/h1-4,7-8,12,16H,5-6,9H2. The van der Waals surface area contributed by atoms with Gasteiger partial charge in [-0.25, -0.2) is 13.1 Å². The Bertz CT molecular complexity index is 724. The Morgan fingerprint density at radius 3 is 2.60 bits per heavy atom. The van der Waals surface area contributed by atoms with Gasteiger partial charge in [-0.3, -0.25) is 0 Å². The third kappa shape index (κ3) is 2.98. The second kappa shape index (κ2) is 5.60. The van der Waals surface area contributed by atoms with E-state index in [9.17, 15) is 8.42 Å². The zero-order chi connectivity index (χ0) is 14.2. The largest absolute Gasteiger partial charge is 0.250 e. The summed E-state index contributed by atoms with van der Waals surface area (Å²) in [4.78, 5) is 0. The number of rotatable bonds is 3. The number of benzene rings is 1. The number of sulfonamides is 1. The van der Waals surface area contributed by atoms with E-state index in [2.05, 4.69) is 32.8 Å². The van der Waals surface area contributed by atoms with Gasteiger partial charge in [0.15, 0.2) is 0 Å². The highest BCUT2D eigenvalue weighted by Crippen LogP contribution is 2.27. The van der Waals surface area contributed by atoms with E-state index in [0.717, 1.165) is 23.0 Å². The smallest absolute Gasteiger partial charge is 0.207 e. The molecule has 1 aromatic carbocycles. The van der Waals surface area contributed by atoms with Gasteiger partial charge in [0.1, 0.15) is 4.21 Å². The van der Waals surface area contributed by atoms with Crippen molar-refractivity contribution < 1.29 is 8.42 Å². The van der Waals surface area contributed by atoms with Crippen molar-refractivity contribution in [1.29, 1.82) is 0 Å². The molecule has 1 unspecified atom stereocenters. The Morgan fingerprint density at radius 2 is 1.90 bits per heavy atom. The van der Waals surface area contributed by atoms with E-state index in [-0.39, 0.29) is 6.04 Å². The zero-order valence-corrected chi connectivity index (χ0v) is 13.9. The quantitative estimate of drug-likeness (QED) is 0.898. The van der Waals surface area contributed by atoms with Gasteiger partial charge < -0.3 is 0 Å². The van der Waals surface area contributed by atoms with E-state index in [1.54, 1.807) is 12.1 Å². The maximum atomic E-state index is 12.3. The highest BCUT2D eigenvalue weighted by Gasteiger charge is 2.25. The summed E-state index contributed by atoms with van der Waals surface area (Å²) in [5, 5.41) is 0. The average molecular weight is 372 g/mol. The molecule has 1 N–H and O–H groups in total. The summed E-state index contributed by atoms with van der Waals surface area (Å²) in [6, 6.07) is 11.6. The molecule has 1 aliphatic carbocycles. The van der Waals surface area contributed by atoms with Gasteiger partial charge in [0.2, 0.25) is 10.0 Å². The van der Waals surface area contributed by atoms with E-state index in [4.69, 9.17) is 0 Å². The lowest BCUT2D eigenvalue weighted by Gasteiger charge is -2.25. The molecule has 20 heavy (non-hydrogen) atoms. The van der Waals surface area contributed by atoms with Crippen molar-refractivity contribution in [2.24, 2.45) is 0 Å². The van der Waals surface area contributed by atoms with Gasteiger partial charge in [-0.15, -0.1) is 11.3 Å². The molecule has 3 nitrogen and oxygen atoms in total. The maximum absolute atomic E-state index is 12.3. The Hall–Kier alpha value is -0.690. The molecule has 6 heteroatoms. The Balaban J connectivity index is 1.77. The predicted octanol–water partition coefficient (Wildman–Crippen LogP) is 3.35. The third-order valence-electron chi connectivity index (χ3n) is 3.48. The average Bonchev–Trinajstić information content (AvgIpc) is 2.86. The Labute approximate surface area is 131 Å². The van der Waals surface area contributed by atoms with Crippen LogP contribution >= 0.6 is 27.3 Å². The second-order valence-corrected chi connectivity index (χ2v) is 9.29. The van der Waals surface area contributed by atoms with Crippen molar-refractivity contribution >= 4 is 37.3 Å². The van der Waals surface area contributed by atoms with Gasteiger partial charge in [-0.05, 0) is 58.5 Å². The van der Waals surface area contributed by atoms with Crippen molar-refractivity contribution in [3.05, 3.63) is 51.3 Å². The summed E-state index contributed by atoms with van der Waals surface area (Å²) in [7, 11) is -3.40. The first-order valence-electron chi connectivity index (χ1n) is 6.39. The van der Waals surface area contributed by atoms with Crippen molar-refractivity contribution in [3.8, 4) is 0 Å². The van der Waals surface area contributed by atoms with Crippen LogP contribution in [0.5, 0.6) is 0 Å². The molecule has 0 saturated carbocycles. The van der Waals surface area contributed by atoms with Crippen LogP contribution in [-0.2, 0) is 22.9 Å². The van der Waals surface area contributed by atoms with Gasteiger partial charge in [0.25, 0.3) is 0 Å². The number of fused-ring (bicyclic) bond motifs is 1. The highest BCUT2D eigenvalue weighted by atomic mass is 79.9. The van der Waals surface area contributed by atoms with Crippen LogP contribution in [0.15, 0.2) is 44.4 Å². The summed E-state index contributed by atoms with van der Waals surface area (Å²) < 4.78 is 28.6. The molecule has 3 rings (SSSR count). The van der Waals surface area contributed by atoms with Gasteiger partial charge in [-0.1, -0.05) is 24.3 Å². The molecule has 0 aliphatic heterocycles. The highest BCUT2D eigenvalue weighted by molar-refractivity contribution is 9.11. The lowest BCUT2D eigenvalue weighted by Crippen LogP contribution is -2.38. The first kappa shape index (κ1) is 14.3. The lowest BCUT2D eigenvalue weighted by atomic mass is 9.89. The number of thiophene rings is 1. The maximum Gasteiger partial charge on any atom is 0.250 e. The summed E-state index contributed by atoms with van der Waals surface area (Å²) in [6.45, 7) is 0. The molecular weight excluding hydrogens is 358 g/mol. The van der Waals surface area contributed by atoms with Gasteiger partial charge in [0.05, 0.1) is 3.79 Å². The van der Waals surface area contributed by atoms with Crippen molar-refractivity contribution in [3.63, 3.8) is 0 Å². The SMILES string of the molecule is O=S(=O)(NC1CCc2ccccc2C1)c1ccc(Br)s1. The minimum atomic E-state index is -3.40. The van der Waals surface area contributed by atoms with Crippen LogP contribution < -0.4 is 4.72 Å². The van der Waals surface area contributed by atoms with E-state index in [1.165, 1.54) is 22.5 Å². The van der Waals surface area contributed by atoms with Crippen molar-refractivity contribution in [2.75, 3.05) is 0 Å². The third-order valence-corrected chi connectivity index (χ3v) is 7.12. The minimum Gasteiger partial charge on any atom is -0.207 e. The number of halogens is 1. The molecule has 1 aromatic heterocycles. The van der Waals surface area contributed by atoms with Crippen molar-refractivity contribution in [2.45, 2.75) is 29.5 Å². The summed E-state index contributed by atoms with van der Waals surface area (Å²) in [6.07, 6.45) is 2.54. The molecule has 1 atom stereocenters. The Morgan fingerprint density at radius 1 is 1.15 bits per heavy atom. The number of nitrogens with one attached hydrogen (secondary N) is 1. The van der Waals surface area contributed by atoms with E-state index >= 15 is 0 Å². The molecule has 106 valence electrons. The molecule has 0 amide bonds. The second-order valence-electron chi connectivity index (χ2n) is 4.89. The molecule has 0 saturated heterocycles. The number of hydrogen-bond donors (Lipinski definition) is 1. The number of hydrogen-bond acceptors (Lipinski definition) is 3. The van der Waals surface area contributed by atoms with E-state index in [0.29, 0.717) is 4.21 Å². The summed E-state index contributed by atoms with van der Waals surface area (Å²) in [5.74, 6) is 0. The van der Waals surface area contributed by atoms with Crippen LogP contribution in [-0.4, -0.2) is 14.5 Å². The first-order valence-corrected chi connectivity index (χ1v) is 9.48. The van der Waals surface area contributed by atoms with Crippen LogP contribution in [0.2, 0.25) is 0 Å². The summed E-state index contributed by atoms with van der Waals surface area (Å²) >= 11 is 4.53. The number of aryl methyl sites for hydroxylation is 1. The van der Waals surface area contributed by atoms with Crippen LogP contribution in [0, 0.1) is 0 Å². The molecule has 0 radical (unpaired) electrons. The Kier molecular flexibility index (Phi) is 3.99. The van der Waals surface area contributed by atoms with Gasteiger partial charge in [0, 0.05) is 6.04 Å². The topological polar surface area (TPSA) is 46.2 Å². The van der Waals surface area contributed by atoms with Gasteiger partial charge >= 0.3 is 0 Å². The van der Waals surface area contributed by atoms with Crippen LogP contribution in [0.3, 0.4) is 0 Å². The predicted molar refractivity (Wildman–Crippen MR) is 84.6 cm³/mol. The van der Waals surface area contributed by atoms with Crippen molar-refractivity contribution in [1.82, 2.24) is 4.72 Å². The van der Waals surface area contributed by atoms with E-state index in [1.807, 2.05) is 12.1 Å². The minimum absolute atomic E-state index is 0.0178. The normalized spacial score (nSPS) is 18.8. The van der Waals surface area contributed by atoms with Crippen LogP contribution in [0.1, 0.15) is 17.5 Å². The molecule has 1 aliphatic rings. The zero-order valence-electron chi connectivity index (χ0n) is 10.7. The van der Waals surface area contributed by atoms with E-state index < -0.39 is 10.0 Å².